The average molecular weight is 536 g/mol. The van der Waals surface area contributed by atoms with Crippen molar-refractivity contribution in [1.82, 2.24) is 25.7 Å². The van der Waals surface area contributed by atoms with Crippen LogP contribution in [0.5, 0.6) is 17.2 Å². The molecule has 5 rings (SSSR count). The number of carbonyl (C=O) groups is 3. The van der Waals surface area contributed by atoms with Crippen molar-refractivity contribution in [3.8, 4) is 17.2 Å². The third kappa shape index (κ3) is 6.06. The molecule has 2 N–H and O–H groups in total. The molecule has 2 aliphatic rings. The Morgan fingerprint density at radius 3 is 2.82 bits per heavy atom. The number of benzene rings is 2. The van der Waals surface area contributed by atoms with Gasteiger partial charge in [-0.05, 0) is 42.0 Å². The van der Waals surface area contributed by atoms with E-state index in [-0.39, 0.29) is 42.7 Å². The number of halogens is 1. The topological polar surface area (TPSA) is 132 Å². The molecule has 2 aliphatic heterocycles. The smallest absolute Gasteiger partial charge is 0.258 e. The first kappa shape index (κ1) is 25.9. The first-order chi connectivity index (χ1) is 18.9. The maximum absolute atomic E-state index is 14.4. The molecule has 3 amide bonds. The standard InChI is InChI=1S/C27H26FN5O6/c1-37-23-3-2-17-10-24(23)38-15-25(34)29-12-16-8-19(28)11-20(9-16)39-22-5-7-33(14-21(22)32-26(17)35)27(36)18-4-6-30-31-13-18/h2-4,6,8-11,13,21-22H,5,7,12,14-15H2,1H3,(H,29,34)(H,32,35)/t21-,22+/m0/s1. The van der Waals surface area contributed by atoms with Crippen LogP contribution in [0.3, 0.4) is 0 Å². The molecule has 2 aromatic carbocycles. The highest BCUT2D eigenvalue weighted by Crippen LogP contribution is 2.29. The van der Waals surface area contributed by atoms with Crippen molar-refractivity contribution in [2.24, 2.45) is 0 Å². The molecule has 0 unspecified atom stereocenters. The summed E-state index contributed by atoms with van der Waals surface area (Å²) in [5.41, 5.74) is 1.12. The van der Waals surface area contributed by atoms with Gasteiger partial charge in [-0.15, -0.1) is 0 Å². The van der Waals surface area contributed by atoms with Crippen LogP contribution in [0.1, 0.15) is 32.7 Å². The van der Waals surface area contributed by atoms with Gasteiger partial charge in [0.25, 0.3) is 17.7 Å². The average Bonchev–Trinajstić information content (AvgIpc) is 2.95. The van der Waals surface area contributed by atoms with Crippen LogP contribution < -0.4 is 24.8 Å². The highest BCUT2D eigenvalue weighted by atomic mass is 19.1. The second-order valence-corrected chi connectivity index (χ2v) is 9.13. The van der Waals surface area contributed by atoms with Crippen molar-refractivity contribution in [2.75, 3.05) is 26.8 Å². The Morgan fingerprint density at radius 2 is 2.03 bits per heavy atom. The lowest BCUT2D eigenvalue weighted by Crippen LogP contribution is -2.58. The van der Waals surface area contributed by atoms with Gasteiger partial charge in [-0.3, -0.25) is 14.4 Å². The third-order valence-electron chi connectivity index (χ3n) is 6.48. The zero-order chi connectivity index (χ0) is 27.4. The Balaban J connectivity index is 1.47. The molecule has 1 aromatic heterocycles. The maximum Gasteiger partial charge on any atom is 0.258 e. The first-order valence-corrected chi connectivity index (χ1v) is 12.3. The van der Waals surface area contributed by atoms with E-state index >= 15 is 0 Å². The van der Waals surface area contributed by atoms with Gasteiger partial charge in [-0.2, -0.15) is 10.2 Å². The summed E-state index contributed by atoms with van der Waals surface area (Å²) >= 11 is 0. The van der Waals surface area contributed by atoms with Gasteiger partial charge in [0.05, 0.1) is 31.1 Å². The summed E-state index contributed by atoms with van der Waals surface area (Å²) in [7, 11) is 1.45. The number of methoxy groups -OCH3 is 1. The lowest BCUT2D eigenvalue weighted by molar-refractivity contribution is -0.123. The Kier molecular flexibility index (Phi) is 7.53. The van der Waals surface area contributed by atoms with E-state index in [1.807, 2.05) is 0 Å². The van der Waals surface area contributed by atoms with Crippen LogP contribution in [0.2, 0.25) is 0 Å². The second-order valence-electron chi connectivity index (χ2n) is 9.13. The monoisotopic (exact) mass is 535 g/mol. The molecule has 12 heteroatoms. The Morgan fingerprint density at radius 1 is 1.15 bits per heavy atom. The van der Waals surface area contributed by atoms with Gasteiger partial charge in [0.1, 0.15) is 17.7 Å². The number of fused-ring (bicyclic) bond motifs is 5. The Hall–Kier alpha value is -4.74. The quantitative estimate of drug-likeness (QED) is 0.507. The van der Waals surface area contributed by atoms with Crippen molar-refractivity contribution in [2.45, 2.75) is 25.1 Å². The van der Waals surface area contributed by atoms with Gasteiger partial charge < -0.3 is 29.7 Å². The normalized spacial score (nSPS) is 19.5. The van der Waals surface area contributed by atoms with Crippen LogP contribution >= 0.6 is 0 Å². The number of aromatic nitrogens is 2. The molecule has 0 aliphatic carbocycles. The molecule has 3 aromatic rings. The van der Waals surface area contributed by atoms with E-state index in [0.29, 0.717) is 29.8 Å². The first-order valence-electron chi connectivity index (χ1n) is 12.3. The summed E-state index contributed by atoms with van der Waals surface area (Å²) in [5.74, 6) is -0.877. The second kappa shape index (κ2) is 11.3. The van der Waals surface area contributed by atoms with E-state index in [9.17, 15) is 18.8 Å². The minimum atomic E-state index is -0.629. The summed E-state index contributed by atoms with van der Waals surface area (Å²) in [5, 5.41) is 13.1. The van der Waals surface area contributed by atoms with Gasteiger partial charge >= 0.3 is 0 Å². The van der Waals surface area contributed by atoms with E-state index in [1.165, 1.54) is 37.7 Å². The van der Waals surface area contributed by atoms with Gasteiger partial charge in [0.2, 0.25) is 0 Å². The molecule has 4 bridgehead atoms. The van der Waals surface area contributed by atoms with Crippen molar-refractivity contribution >= 4 is 17.7 Å². The summed E-state index contributed by atoms with van der Waals surface area (Å²) in [6.07, 6.45) is 2.62. The van der Waals surface area contributed by atoms with Gasteiger partial charge in [0, 0.05) is 37.7 Å². The number of hydrogen-bond donors (Lipinski definition) is 2. The summed E-state index contributed by atoms with van der Waals surface area (Å²) in [6.45, 7) is 0.207. The van der Waals surface area contributed by atoms with Crippen LogP contribution in [0, 0.1) is 5.82 Å². The van der Waals surface area contributed by atoms with Gasteiger partial charge in [0.15, 0.2) is 18.1 Å². The van der Waals surface area contributed by atoms with E-state index in [4.69, 9.17) is 14.2 Å². The lowest BCUT2D eigenvalue weighted by atomic mass is 10.00. The maximum atomic E-state index is 14.4. The van der Waals surface area contributed by atoms with Crippen molar-refractivity contribution in [1.29, 1.82) is 0 Å². The Labute approximate surface area is 223 Å². The lowest BCUT2D eigenvalue weighted by Gasteiger charge is -2.39. The van der Waals surface area contributed by atoms with Gasteiger partial charge in [-0.1, -0.05) is 0 Å². The zero-order valence-electron chi connectivity index (χ0n) is 21.1. The zero-order valence-corrected chi connectivity index (χ0v) is 21.1. The van der Waals surface area contributed by atoms with Crippen LogP contribution in [0.15, 0.2) is 54.9 Å². The molecule has 1 fully saturated rings. The van der Waals surface area contributed by atoms with Crippen molar-refractivity contribution < 1.29 is 33.0 Å². The number of rotatable bonds is 2. The number of hydrogen-bond acceptors (Lipinski definition) is 8. The SMILES string of the molecule is COc1ccc2cc1OCC(=O)NCc1cc(F)cc(c1)O[C@@H]1CCN(C(=O)c3ccnnc3)C[C@@H]1NC2=O. The molecule has 0 saturated carbocycles. The molecular formula is C27H26FN5O6. The number of piperidine rings is 1. The highest BCUT2D eigenvalue weighted by Gasteiger charge is 2.35. The van der Waals surface area contributed by atoms with E-state index in [1.54, 1.807) is 29.2 Å². The van der Waals surface area contributed by atoms with Crippen LogP contribution in [0.4, 0.5) is 4.39 Å². The number of amides is 3. The number of ether oxygens (including phenoxy) is 3. The number of likely N-dealkylation sites (tertiary alicyclic amines) is 1. The molecule has 0 radical (unpaired) electrons. The molecule has 3 heterocycles. The van der Waals surface area contributed by atoms with Crippen molar-refractivity contribution in [3.63, 3.8) is 0 Å². The largest absolute Gasteiger partial charge is 0.493 e. The fourth-order valence-corrected chi connectivity index (χ4v) is 4.54. The Bertz CT molecular complexity index is 1390. The van der Waals surface area contributed by atoms with Crippen LogP contribution in [-0.2, 0) is 11.3 Å². The fourth-order valence-electron chi connectivity index (χ4n) is 4.54. The number of nitrogens with one attached hydrogen (secondary N) is 2. The number of carbonyl (C=O) groups excluding carboxylic acids is 3. The summed E-state index contributed by atoms with van der Waals surface area (Å²) in [4.78, 5) is 40.4. The predicted octanol–water partition coefficient (Wildman–Crippen LogP) is 1.72. The van der Waals surface area contributed by atoms with E-state index in [0.717, 1.165) is 0 Å². The fraction of sp³-hybridized carbons (Fsp3) is 0.296. The summed E-state index contributed by atoms with van der Waals surface area (Å²) < 4.78 is 31.5. The molecular weight excluding hydrogens is 509 g/mol. The van der Waals surface area contributed by atoms with Gasteiger partial charge in [-0.25, -0.2) is 4.39 Å². The molecule has 39 heavy (non-hydrogen) atoms. The third-order valence-corrected chi connectivity index (χ3v) is 6.48. The van der Waals surface area contributed by atoms with Crippen LogP contribution in [-0.4, -0.2) is 71.8 Å². The molecule has 2 atom stereocenters. The van der Waals surface area contributed by atoms with Crippen LogP contribution in [0.25, 0.3) is 0 Å². The molecule has 202 valence electrons. The molecule has 11 nitrogen and oxygen atoms in total. The predicted molar refractivity (Wildman–Crippen MR) is 135 cm³/mol. The van der Waals surface area contributed by atoms with Crippen molar-refractivity contribution in [3.05, 3.63) is 77.4 Å². The number of nitrogens with zero attached hydrogens (tertiary/aromatic N) is 3. The van der Waals surface area contributed by atoms with E-state index in [2.05, 4.69) is 20.8 Å². The summed E-state index contributed by atoms with van der Waals surface area (Å²) in [6, 6.07) is 9.72. The minimum absolute atomic E-state index is 0.0561. The van der Waals surface area contributed by atoms with E-state index < -0.39 is 29.8 Å². The minimum Gasteiger partial charge on any atom is -0.493 e. The molecule has 0 spiro atoms. The highest BCUT2D eigenvalue weighted by molar-refractivity contribution is 5.96. The molecule has 1 saturated heterocycles.